The number of nitriles is 1. The lowest BCUT2D eigenvalue weighted by atomic mass is 9.77. The van der Waals surface area contributed by atoms with Crippen LogP contribution in [0.4, 0.5) is 0 Å². The lowest BCUT2D eigenvalue weighted by Crippen LogP contribution is -2.32. The fourth-order valence-electron chi connectivity index (χ4n) is 3.32. The quantitative estimate of drug-likeness (QED) is 0.920. The normalized spacial score (nSPS) is 14.6. The Morgan fingerprint density at radius 2 is 1.52 bits per heavy atom. The molecule has 21 heavy (non-hydrogen) atoms. The van der Waals surface area contributed by atoms with Crippen molar-refractivity contribution < 1.29 is 0 Å². The van der Waals surface area contributed by atoms with E-state index in [4.69, 9.17) is 0 Å². The van der Waals surface area contributed by atoms with Crippen LogP contribution in [0.15, 0.2) is 48.5 Å². The molecule has 0 spiro atoms. The molecule has 0 fully saturated rings. The van der Waals surface area contributed by atoms with E-state index in [1.165, 1.54) is 11.1 Å². The second-order valence-corrected chi connectivity index (χ2v) is 5.97. The average Bonchev–Trinajstić information content (AvgIpc) is 2.79. The predicted octanol–water partition coefficient (Wildman–Crippen LogP) is 3.86. The predicted molar refractivity (Wildman–Crippen MR) is 86.0 cm³/mol. The van der Waals surface area contributed by atoms with Gasteiger partial charge in [0, 0.05) is 6.04 Å². The van der Waals surface area contributed by atoms with E-state index in [1.54, 1.807) is 0 Å². The van der Waals surface area contributed by atoms with Crippen LogP contribution in [0, 0.1) is 11.3 Å². The minimum Gasteiger partial charge on any atom is -0.314 e. The number of benzene rings is 2. The standard InChI is InChI=1S/C19H20N2/c1-14(2)21-12-11-19(13-20)17-9-5-3-7-15(17)16-8-4-6-10-18(16)19/h3-10,14,21H,11-12H2,1-2H3. The number of nitrogens with zero attached hydrogens (tertiary/aromatic N) is 1. The minimum atomic E-state index is -0.519. The molecule has 0 saturated carbocycles. The van der Waals surface area contributed by atoms with Gasteiger partial charge in [0.05, 0.1) is 6.07 Å². The number of rotatable bonds is 4. The molecule has 0 bridgehead atoms. The molecule has 106 valence electrons. The second kappa shape index (κ2) is 5.35. The maximum atomic E-state index is 10.00. The van der Waals surface area contributed by atoms with Crippen LogP contribution in [0.5, 0.6) is 0 Å². The Bertz CT molecular complexity index is 649. The first-order chi connectivity index (χ1) is 10.2. The molecule has 0 amide bonds. The van der Waals surface area contributed by atoms with Gasteiger partial charge in [0.25, 0.3) is 0 Å². The van der Waals surface area contributed by atoms with Crippen LogP contribution in [0.1, 0.15) is 31.4 Å². The van der Waals surface area contributed by atoms with Gasteiger partial charge >= 0.3 is 0 Å². The summed E-state index contributed by atoms with van der Waals surface area (Å²) < 4.78 is 0. The van der Waals surface area contributed by atoms with Crippen LogP contribution in [0.25, 0.3) is 11.1 Å². The van der Waals surface area contributed by atoms with Crippen molar-refractivity contribution in [2.24, 2.45) is 0 Å². The molecule has 0 aliphatic heterocycles. The lowest BCUT2D eigenvalue weighted by Gasteiger charge is -2.25. The topological polar surface area (TPSA) is 35.8 Å². The fourth-order valence-corrected chi connectivity index (χ4v) is 3.32. The van der Waals surface area contributed by atoms with Crippen LogP contribution in [0.3, 0.4) is 0 Å². The summed E-state index contributed by atoms with van der Waals surface area (Å²) in [6.45, 7) is 5.11. The number of nitrogens with one attached hydrogen (secondary N) is 1. The summed E-state index contributed by atoms with van der Waals surface area (Å²) in [5, 5.41) is 13.4. The minimum absolute atomic E-state index is 0.438. The van der Waals surface area contributed by atoms with Crippen molar-refractivity contribution >= 4 is 0 Å². The zero-order chi connectivity index (χ0) is 14.9. The van der Waals surface area contributed by atoms with Gasteiger partial charge in [-0.15, -0.1) is 0 Å². The Balaban J connectivity index is 2.09. The zero-order valence-electron chi connectivity index (χ0n) is 12.6. The molecule has 0 aromatic heterocycles. The Hall–Kier alpha value is -2.11. The van der Waals surface area contributed by atoms with Gasteiger partial charge in [0.15, 0.2) is 0 Å². The molecule has 2 heteroatoms. The third-order valence-electron chi connectivity index (χ3n) is 4.31. The maximum absolute atomic E-state index is 10.00. The Morgan fingerprint density at radius 3 is 2.00 bits per heavy atom. The van der Waals surface area contributed by atoms with Gasteiger partial charge in [-0.1, -0.05) is 62.4 Å². The van der Waals surface area contributed by atoms with E-state index in [2.05, 4.69) is 61.6 Å². The van der Waals surface area contributed by atoms with E-state index < -0.39 is 5.41 Å². The highest BCUT2D eigenvalue weighted by molar-refractivity contribution is 5.82. The van der Waals surface area contributed by atoms with Gasteiger partial charge in [-0.2, -0.15) is 5.26 Å². The zero-order valence-corrected chi connectivity index (χ0v) is 12.6. The second-order valence-electron chi connectivity index (χ2n) is 5.97. The molecule has 3 rings (SSSR count). The van der Waals surface area contributed by atoms with Crippen molar-refractivity contribution in [3.05, 3.63) is 59.7 Å². The summed E-state index contributed by atoms with van der Waals surface area (Å²) in [5.41, 5.74) is 4.20. The molecule has 2 aromatic carbocycles. The highest BCUT2D eigenvalue weighted by atomic mass is 14.9. The van der Waals surface area contributed by atoms with Crippen LogP contribution in [-0.2, 0) is 5.41 Å². The summed E-state index contributed by atoms with van der Waals surface area (Å²) in [4.78, 5) is 0. The molecular weight excluding hydrogens is 256 g/mol. The van der Waals surface area contributed by atoms with E-state index in [0.717, 1.165) is 24.1 Å². The third kappa shape index (κ3) is 2.14. The summed E-state index contributed by atoms with van der Waals surface area (Å²) in [7, 11) is 0. The molecular formula is C19H20N2. The van der Waals surface area contributed by atoms with Crippen LogP contribution < -0.4 is 5.32 Å². The molecule has 1 N–H and O–H groups in total. The molecule has 1 aliphatic carbocycles. The Labute approximate surface area is 126 Å². The van der Waals surface area contributed by atoms with Crippen molar-refractivity contribution in [3.63, 3.8) is 0 Å². The number of hydrogen-bond donors (Lipinski definition) is 1. The molecule has 0 unspecified atom stereocenters. The van der Waals surface area contributed by atoms with Crippen LogP contribution >= 0.6 is 0 Å². The molecule has 0 radical (unpaired) electrons. The van der Waals surface area contributed by atoms with Crippen molar-refractivity contribution in [1.82, 2.24) is 5.32 Å². The Kier molecular flexibility index (Phi) is 3.53. The lowest BCUT2D eigenvalue weighted by molar-refractivity contribution is 0.513. The molecule has 1 aliphatic rings. The summed E-state index contributed by atoms with van der Waals surface area (Å²) in [6.07, 6.45) is 0.801. The molecule has 0 heterocycles. The molecule has 0 saturated heterocycles. The van der Waals surface area contributed by atoms with Gasteiger partial charge in [-0.25, -0.2) is 0 Å². The summed E-state index contributed by atoms with van der Waals surface area (Å²) in [5.74, 6) is 0. The summed E-state index contributed by atoms with van der Waals surface area (Å²) in [6, 6.07) is 19.7. The van der Waals surface area contributed by atoms with E-state index in [9.17, 15) is 5.26 Å². The first-order valence-corrected chi connectivity index (χ1v) is 7.53. The smallest absolute Gasteiger partial charge is 0.109 e. The SMILES string of the molecule is CC(C)NCCC1(C#N)c2ccccc2-c2ccccc21. The van der Waals surface area contributed by atoms with Gasteiger partial charge in [-0.3, -0.25) is 0 Å². The van der Waals surface area contributed by atoms with E-state index in [-0.39, 0.29) is 0 Å². The maximum Gasteiger partial charge on any atom is 0.109 e. The molecule has 0 atom stereocenters. The van der Waals surface area contributed by atoms with E-state index >= 15 is 0 Å². The monoisotopic (exact) mass is 276 g/mol. The first kappa shape index (κ1) is 13.9. The summed E-state index contributed by atoms with van der Waals surface area (Å²) >= 11 is 0. The van der Waals surface area contributed by atoms with Crippen LogP contribution in [0.2, 0.25) is 0 Å². The van der Waals surface area contributed by atoms with E-state index in [1.807, 2.05) is 12.1 Å². The highest BCUT2D eigenvalue weighted by Crippen LogP contribution is 2.50. The van der Waals surface area contributed by atoms with E-state index in [0.29, 0.717) is 6.04 Å². The highest BCUT2D eigenvalue weighted by Gasteiger charge is 2.42. The first-order valence-electron chi connectivity index (χ1n) is 7.53. The van der Waals surface area contributed by atoms with Crippen molar-refractivity contribution in [3.8, 4) is 17.2 Å². The molecule has 2 nitrogen and oxygen atoms in total. The van der Waals surface area contributed by atoms with Crippen molar-refractivity contribution in [1.29, 1.82) is 5.26 Å². The number of fused-ring (bicyclic) bond motifs is 3. The van der Waals surface area contributed by atoms with Gasteiger partial charge in [-0.05, 0) is 35.2 Å². The van der Waals surface area contributed by atoms with Gasteiger partial charge in [0.1, 0.15) is 5.41 Å². The largest absolute Gasteiger partial charge is 0.314 e. The van der Waals surface area contributed by atoms with Crippen LogP contribution in [-0.4, -0.2) is 12.6 Å². The Morgan fingerprint density at radius 1 is 1.00 bits per heavy atom. The fraction of sp³-hybridized carbons (Fsp3) is 0.316. The number of hydrogen-bond acceptors (Lipinski definition) is 2. The van der Waals surface area contributed by atoms with Gasteiger partial charge < -0.3 is 5.32 Å². The van der Waals surface area contributed by atoms with Crippen molar-refractivity contribution in [2.75, 3.05) is 6.54 Å². The average molecular weight is 276 g/mol. The van der Waals surface area contributed by atoms with Crippen molar-refractivity contribution in [2.45, 2.75) is 31.7 Å². The van der Waals surface area contributed by atoms with Gasteiger partial charge in [0.2, 0.25) is 0 Å². The molecule has 2 aromatic rings. The third-order valence-corrected chi connectivity index (χ3v) is 4.31.